The van der Waals surface area contributed by atoms with Crippen molar-refractivity contribution in [2.45, 2.75) is 24.1 Å². The van der Waals surface area contributed by atoms with Gasteiger partial charge in [0.15, 0.2) is 15.1 Å². The highest BCUT2D eigenvalue weighted by atomic mass is 32.2. The standard InChI is InChI=1S/C28H32N4O7S2/c1-38-13-14-41(36,37)25(26(34)29-17-24(33)30-21-6-7-21)27-31-22-16-19(5-8-23(22)40-27)18-3-2-4-20(15-18)28(35)32-9-11-39-12-10-32/h2-5,8,15-16,21,25H,6-7,9-14,17H2,1H3,(H,29,34)(H,30,33). The number of amides is 3. The normalized spacial score (nSPS) is 16.4. The van der Waals surface area contributed by atoms with Crippen molar-refractivity contribution < 1.29 is 32.3 Å². The van der Waals surface area contributed by atoms with Crippen molar-refractivity contribution in [1.82, 2.24) is 20.5 Å². The van der Waals surface area contributed by atoms with Gasteiger partial charge in [-0.1, -0.05) is 18.2 Å². The van der Waals surface area contributed by atoms with Crippen LogP contribution in [0.3, 0.4) is 0 Å². The number of fused-ring (bicyclic) bond motifs is 1. The van der Waals surface area contributed by atoms with Gasteiger partial charge in [0.05, 0.1) is 42.3 Å². The topological polar surface area (TPSA) is 144 Å². The number of hydrogen-bond acceptors (Lipinski definition) is 9. The summed E-state index contributed by atoms with van der Waals surface area (Å²) in [6.07, 6.45) is 1.80. The van der Waals surface area contributed by atoms with Crippen molar-refractivity contribution in [3.63, 3.8) is 0 Å². The van der Waals surface area contributed by atoms with Gasteiger partial charge in [0.1, 0.15) is 5.01 Å². The Bertz CT molecular complexity index is 1550. The number of aromatic nitrogens is 1. The Morgan fingerprint density at radius 1 is 1.12 bits per heavy atom. The molecule has 5 rings (SSSR count). The largest absolute Gasteiger partial charge is 0.384 e. The average molecular weight is 601 g/mol. The smallest absolute Gasteiger partial charge is 0.254 e. The van der Waals surface area contributed by atoms with Gasteiger partial charge in [-0.05, 0) is 48.2 Å². The molecule has 0 bridgehead atoms. The number of thiazole rings is 1. The van der Waals surface area contributed by atoms with E-state index in [2.05, 4.69) is 15.6 Å². The molecule has 41 heavy (non-hydrogen) atoms. The van der Waals surface area contributed by atoms with Crippen molar-refractivity contribution in [3.8, 4) is 11.1 Å². The van der Waals surface area contributed by atoms with Gasteiger partial charge in [0, 0.05) is 31.8 Å². The maximum atomic E-state index is 13.2. The van der Waals surface area contributed by atoms with Crippen LogP contribution in [0.1, 0.15) is 33.5 Å². The predicted molar refractivity (Wildman–Crippen MR) is 154 cm³/mol. The zero-order chi connectivity index (χ0) is 29.0. The first-order chi connectivity index (χ1) is 19.7. The molecule has 0 radical (unpaired) electrons. The average Bonchev–Trinajstić information content (AvgIpc) is 3.70. The van der Waals surface area contributed by atoms with Crippen LogP contribution in [-0.4, -0.2) is 94.4 Å². The number of methoxy groups -OCH3 is 1. The third kappa shape index (κ3) is 7.10. The van der Waals surface area contributed by atoms with Gasteiger partial charge in [-0.25, -0.2) is 13.4 Å². The number of rotatable bonds is 11. The molecule has 3 aromatic rings. The predicted octanol–water partition coefficient (Wildman–Crippen LogP) is 1.93. The Hall–Kier alpha value is -3.39. The highest BCUT2D eigenvalue weighted by molar-refractivity contribution is 7.92. The van der Waals surface area contributed by atoms with Crippen LogP contribution < -0.4 is 10.6 Å². The molecule has 2 heterocycles. The second kappa shape index (κ2) is 12.6. The van der Waals surface area contributed by atoms with Gasteiger partial charge >= 0.3 is 0 Å². The number of ether oxygens (including phenoxy) is 2. The van der Waals surface area contributed by atoms with Gasteiger partial charge in [-0.3, -0.25) is 14.4 Å². The summed E-state index contributed by atoms with van der Waals surface area (Å²) in [5.41, 5.74) is 2.70. The molecule has 13 heteroatoms. The maximum absolute atomic E-state index is 13.2. The lowest BCUT2D eigenvalue weighted by molar-refractivity contribution is -0.126. The molecule has 218 valence electrons. The molecule has 1 saturated heterocycles. The summed E-state index contributed by atoms with van der Waals surface area (Å²) < 4.78 is 37.5. The zero-order valence-corrected chi connectivity index (χ0v) is 24.3. The van der Waals surface area contributed by atoms with E-state index < -0.39 is 21.0 Å². The molecule has 2 N–H and O–H groups in total. The minimum absolute atomic E-state index is 0.0619. The van der Waals surface area contributed by atoms with Crippen LogP contribution in [0.4, 0.5) is 0 Å². The lowest BCUT2D eigenvalue weighted by atomic mass is 10.0. The molecule has 1 atom stereocenters. The fourth-order valence-electron chi connectivity index (χ4n) is 4.53. The second-order valence-electron chi connectivity index (χ2n) is 10.0. The summed E-state index contributed by atoms with van der Waals surface area (Å²) in [6.45, 7) is 1.72. The Morgan fingerprint density at radius 2 is 1.88 bits per heavy atom. The Balaban J connectivity index is 1.40. The third-order valence-electron chi connectivity index (χ3n) is 6.90. The van der Waals surface area contributed by atoms with Crippen molar-refractivity contribution in [2.75, 3.05) is 52.3 Å². The number of nitrogens with one attached hydrogen (secondary N) is 2. The van der Waals surface area contributed by atoms with E-state index in [9.17, 15) is 22.8 Å². The van der Waals surface area contributed by atoms with E-state index in [0.717, 1.165) is 35.3 Å². The molecule has 0 spiro atoms. The molecule has 1 aromatic heterocycles. The van der Waals surface area contributed by atoms with Crippen molar-refractivity contribution in [3.05, 3.63) is 53.0 Å². The summed E-state index contributed by atoms with van der Waals surface area (Å²) in [5, 5.41) is 3.78. The minimum Gasteiger partial charge on any atom is -0.384 e. The molecule has 11 nitrogen and oxygen atoms in total. The monoisotopic (exact) mass is 600 g/mol. The Morgan fingerprint density at radius 3 is 2.61 bits per heavy atom. The Kier molecular flexibility index (Phi) is 8.97. The summed E-state index contributed by atoms with van der Waals surface area (Å²) in [7, 11) is -2.62. The van der Waals surface area contributed by atoms with Gasteiger partial charge in [0.2, 0.25) is 11.8 Å². The van der Waals surface area contributed by atoms with E-state index in [4.69, 9.17) is 9.47 Å². The summed E-state index contributed by atoms with van der Waals surface area (Å²) in [4.78, 5) is 44.6. The lowest BCUT2D eigenvalue weighted by Gasteiger charge is -2.27. The molecule has 2 aromatic carbocycles. The fourth-order valence-corrected chi connectivity index (χ4v) is 7.45. The molecule has 1 aliphatic heterocycles. The highest BCUT2D eigenvalue weighted by Crippen LogP contribution is 2.34. The third-order valence-corrected chi connectivity index (χ3v) is 10.0. The van der Waals surface area contributed by atoms with Crippen LogP contribution in [0.15, 0.2) is 42.5 Å². The van der Waals surface area contributed by atoms with Crippen molar-refractivity contribution in [1.29, 1.82) is 0 Å². The first-order valence-electron chi connectivity index (χ1n) is 13.4. The van der Waals surface area contributed by atoms with Crippen LogP contribution in [-0.2, 0) is 28.9 Å². The van der Waals surface area contributed by atoms with Crippen LogP contribution in [0.2, 0.25) is 0 Å². The number of carbonyl (C=O) groups excluding carboxylic acids is 3. The summed E-state index contributed by atoms with van der Waals surface area (Å²) in [6, 6.07) is 12.9. The van der Waals surface area contributed by atoms with Crippen LogP contribution >= 0.6 is 11.3 Å². The van der Waals surface area contributed by atoms with E-state index in [1.54, 1.807) is 11.0 Å². The lowest BCUT2D eigenvalue weighted by Crippen LogP contribution is -2.41. The summed E-state index contributed by atoms with van der Waals surface area (Å²) in [5.74, 6) is -1.60. The van der Waals surface area contributed by atoms with Crippen molar-refractivity contribution in [2.24, 2.45) is 0 Å². The summed E-state index contributed by atoms with van der Waals surface area (Å²) >= 11 is 1.11. The van der Waals surface area contributed by atoms with E-state index >= 15 is 0 Å². The van der Waals surface area contributed by atoms with Crippen LogP contribution in [0, 0.1) is 0 Å². The molecule has 2 fully saturated rings. The minimum atomic E-state index is -4.00. The quantitative estimate of drug-likeness (QED) is 0.340. The molecule has 3 amide bonds. The second-order valence-corrected chi connectivity index (χ2v) is 13.3. The molecule has 2 aliphatic rings. The molecular weight excluding hydrogens is 568 g/mol. The molecular formula is C28H32N4O7S2. The number of carbonyl (C=O) groups is 3. The molecule has 1 aliphatic carbocycles. The molecule has 1 unspecified atom stereocenters. The number of sulfone groups is 1. The van der Waals surface area contributed by atoms with E-state index in [0.29, 0.717) is 42.1 Å². The van der Waals surface area contributed by atoms with Gasteiger partial charge in [-0.15, -0.1) is 11.3 Å². The van der Waals surface area contributed by atoms with Crippen molar-refractivity contribution >= 4 is 49.1 Å². The Labute approximate surface area is 242 Å². The van der Waals surface area contributed by atoms with Gasteiger partial charge < -0.3 is 25.0 Å². The maximum Gasteiger partial charge on any atom is 0.254 e. The number of benzene rings is 2. The number of nitrogens with zero attached hydrogens (tertiary/aromatic N) is 2. The first-order valence-corrected chi connectivity index (χ1v) is 15.9. The zero-order valence-electron chi connectivity index (χ0n) is 22.6. The van der Waals surface area contributed by atoms with E-state index in [1.807, 2.05) is 36.4 Å². The molecule has 1 saturated carbocycles. The first kappa shape index (κ1) is 29.1. The number of morpholine rings is 1. The number of hydrogen-bond donors (Lipinski definition) is 2. The van der Waals surface area contributed by atoms with E-state index in [-0.39, 0.29) is 41.8 Å². The SMILES string of the molecule is COCCS(=O)(=O)C(C(=O)NCC(=O)NC1CC1)c1nc2cc(-c3cccc(C(=O)N4CCOCC4)c3)ccc2s1. The van der Waals surface area contributed by atoms with Gasteiger partial charge in [0.25, 0.3) is 5.91 Å². The highest BCUT2D eigenvalue weighted by Gasteiger charge is 2.37. The van der Waals surface area contributed by atoms with Crippen LogP contribution in [0.25, 0.3) is 21.3 Å². The van der Waals surface area contributed by atoms with E-state index in [1.165, 1.54) is 7.11 Å². The van der Waals surface area contributed by atoms with Gasteiger partial charge in [-0.2, -0.15) is 0 Å². The fraction of sp³-hybridized carbons (Fsp3) is 0.429. The van der Waals surface area contributed by atoms with Crippen LogP contribution in [0.5, 0.6) is 0 Å².